The molecule has 0 aliphatic heterocycles. The molecule has 0 saturated carbocycles. The number of rotatable bonds is 8. The largest absolute Gasteiger partial charge is 0.484 e. The van der Waals surface area contributed by atoms with Gasteiger partial charge in [0.15, 0.2) is 6.61 Å². The van der Waals surface area contributed by atoms with Crippen LogP contribution in [0.25, 0.3) is 0 Å². The maximum Gasteiger partial charge on any atom is 0.258 e. The smallest absolute Gasteiger partial charge is 0.258 e. The summed E-state index contributed by atoms with van der Waals surface area (Å²) < 4.78 is 10.0. The normalized spacial score (nSPS) is 9.90. The fourth-order valence-corrected chi connectivity index (χ4v) is 1.39. The average molecular weight is 301 g/mol. The van der Waals surface area contributed by atoms with Crippen LogP contribution in [-0.4, -0.2) is 45.2 Å². The number of hydrogen-bond acceptors (Lipinski definition) is 4. The predicted molar refractivity (Wildman–Crippen MR) is 74.8 cm³/mol. The summed E-state index contributed by atoms with van der Waals surface area (Å²) in [5.41, 5.74) is 0. The number of carbonyl (C=O) groups excluding carboxylic acids is 2. The Hall–Kier alpha value is -1.79. The van der Waals surface area contributed by atoms with Crippen LogP contribution in [0.15, 0.2) is 24.3 Å². The van der Waals surface area contributed by atoms with E-state index in [1.165, 1.54) is 0 Å². The monoisotopic (exact) mass is 300 g/mol. The average Bonchev–Trinajstić information content (AvgIpc) is 2.45. The molecule has 1 aromatic carbocycles. The molecule has 0 bridgehead atoms. The van der Waals surface area contributed by atoms with Gasteiger partial charge in [0.25, 0.3) is 5.91 Å². The lowest BCUT2D eigenvalue weighted by molar-refractivity contribution is -0.127. The summed E-state index contributed by atoms with van der Waals surface area (Å²) in [7, 11) is 1.54. The van der Waals surface area contributed by atoms with E-state index in [-0.39, 0.29) is 25.0 Å². The van der Waals surface area contributed by atoms with E-state index in [2.05, 4.69) is 10.6 Å². The Kier molecular flexibility index (Phi) is 7.46. The van der Waals surface area contributed by atoms with E-state index in [4.69, 9.17) is 21.1 Å². The predicted octanol–water partition coefficient (Wildman–Crippen LogP) is 0.598. The van der Waals surface area contributed by atoms with Crippen LogP contribution in [0.5, 0.6) is 5.75 Å². The molecule has 2 amide bonds. The van der Waals surface area contributed by atoms with Gasteiger partial charge in [-0.15, -0.1) is 0 Å². The van der Waals surface area contributed by atoms with E-state index in [1.54, 1.807) is 31.4 Å². The second-order valence-corrected chi connectivity index (χ2v) is 4.30. The van der Waals surface area contributed by atoms with Gasteiger partial charge in [-0.1, -0.05) is 11.6 Å². The maximum absolute atomic E-state index is 11.5. The number of methoxy groups -OCH3 is 1. The summed E-state index contributed by atoms with van der Waals surface area (Å²) in [6, 6.07) is 6.65. The van der Waals surface area contributed by atoms with Crippen LogP contribution < -0.4 is 15.4 Å². The minimum Gasteiger partial charge on any atom is -0.484 e. The van der Waals surface area contributed by atoms with Crippen LogP contribution in [0.1, 0.15) is 0 Å². The zero-order valence-corrected chi connectivity index (χ0v) is 11.9. The van der Waals surface area contributed by atoms with Crippen molar-refractivity contribution >= 4 is 23.4 Å². The number of nitrogens with one attached hydrogen (secondary N) is 2. The highest BCUT2D eigenvalue weighted by Gasteiger charge is 2.06. The Morgan fingerprint density at radius 3 is 2.50 bits per heavy atom. The fourth-order valence-electron chi connectivity index (χ4n) is 1.26. The Balaban J connectivity index is 2.17. The molecular weight excluding hydrogens is 284 g/mol. The third-order valence-electron chi connectivity index (χ3n) is 2.26. The van der Waals surface area contributed by atoms with Gasteiger partial charge in [0.1, 0.15) is 5.75 Å². The first-order valence-electron chi connectivity index (χ1n) is 6.02. The molecule has 6 nitrogen and oxygen atoms in total. The molecule has 0 saturated heterocycles. The Bertz CT molecular complexity index is 437. The lowest BCUT2D eigenvalue weighted by atomic mass is 10.3. The summed E-state index contributed by atoms with van der Waals surface area (Å²) >= 11 is 5.72. The van der Waals surface area contributed by atoms with E-state index in [9.17, 15) is 9.59 Å². The minimum atomic E-state index is -0.373. The molecule has 0 atom stereocenters. The number of carbonyl (C=O) groups is 2. The maximum atomic E-state index is 11.5. The lowest BCUT2D eigenvalue weighted by Gasteiger charge is -2.08. The van der Waals surface area contributed by atoms with E-state index < -0.39 is 0 Å². The van der Waals surface area contributed by atoms with Gasteiger partial charge < -0.3 is 20.1 Å². The molecule has 0 radical (unpaired) electrons. The van der Waals surface area contributed by atoms with E-state index in [1.807, 2.05) is 0 Å². The van der Waals surface area contributed by atoms with E-state index >= 15 is 0 Å². The minimum absolute atomic E-state index is 0.0907. The van der Waals surface area contributed by atoms with Gasteiger partial charge in [-0.3, -0.25) is 9.59 Å². The second-order valence-electron chi connectivity index (χ2n) is 3.86. The first-order valence-corrected chi connectivity index (χ1v) is 6.40. The molecule has 7 heteroatoms. The molecule has 0 unspecified atom stereocenters. The molecule has 2 N–H and O–H groups in total. The van der Waals surface area contributed by atoms with Crippen molar-refractivity contribution in [3.05, 3.63) is 29.3 Å². The van der Waals surface area contributed by atoms with Crippen molar-refractivity contribution in [1.29, 1.82) is 0 Å². The number of hydrogen-bond donors (Lipinski definition) is 2. The van der Waals surface area contributed by atoms with Crippen LogP contribution in [-0.2, 0) is 14.3 Å². The summed E-state index contributed by atoms with van der Waals surface area (Å²) in [5, 5.41) is 5.63. The fraction of sp³-hybridized carbons (Fsp3) is 0.385. The van der Waals surface area contributed by atoms with Gasteiger partial charge in [0, 0.05) is 18.7 Å². The summed E-state index contributed by atoms with van der Waals surface area (Å²) in [4.78, 5) is 22.7. The SMILES string of the molecule is COCCNC(=O)CNC(=O)COc1ccc(Cl)cc1. The van der Waals surface area contributed by atoms with E-state index in [0.717, 1.165) is 0 Å². The van der Waals surface area contributed by atoms with Crippen molar-refractivity contribution in [2.75, 3.05) is 33.4 Å². The lowest BCUT2D eigenvalue weighted by Crippen LogP contribution is -2.39. The van der Waals surface area contributed by atoms with Crippen LogP contribution in [0, 0.1) is 0 Å². The molecule has 1 rings (SSSR count). The highest BCUT2D eigenvalue weighted by molar-refractivity contribution is 6.30. The first-order chi connectivity index (χ1) is 9.61. The molecule has 1 aromatic rings. The third kappa shape index (κ3) is 6.96. The van der Waals surface area contributed by atoms with Crippen molar-refractivity contribution in [2.45, 2.75) is 0 Å². The number of ether oxygens (including phenoxy) is 2. The van der Waals surface area contributed by atoms with Crippen molar-refractivity contribution in [1.82, 2.24) is 10.6 Å². The number of halogens is 1. The summed E-state index contributed by atoms with van der Waals surface area (Å²) in [5.74, 6) is -0.113. The standard InChI is InChI=1S/C13H17ClN2O4/c1-19-7-6-15-12(17)8-16-13(18)9-20-11-4-2-10(14)3-5-11/h2-5H,6-9H2,1H3,(H,15,17)(H,16,18). The Morgan fingerprint density at radius 1 is 1.15 bits per heavy atom. The third-order valence-corrected chi connectivity index (χ3v) is 2.51. The molecular formula is C13H17ClN2O4. The second kappa shape index (κ2) is 9.17. The highest BCUT2D eigenvalue weighted by atomic mass is 35.5. The molecule has 0 spiro atoms. The van der Waals surface area contributed by atoms with Crippen molar-refractivity contribution in [3.8, 4) is 5.75 Å². The molecule has 0 aromatic heterocycles. The van der Waals surface area contributed by atoms with Crippen LogP contribution >= 0.6 is 11.6 Å². The molecule has 0 heterocycles. The topological polar surface area (TPSA) is 76.7 Å². The molecule has 20 heavy (non-hydrogen) atoms. The van der Waals surface area contributed by atoms with Gasteiger partial charge in [0.2, 0.25) is 5.91 Å². The van der Waals surface area contributed by atoms with Crippen LogP contribution in [0.3, 0.4) is 0 Å². The van der Waals surface area contributed by atoms with Crippen LogP contribution in [0.4, 0.5) is 0 Å². The zero-order valence-electron chi connectivity index (χ0n) is 11.1. The Labute approximate surface area is 122 Å². The van der Waals surface area contributed by atoms with E-state index in [0.29, 0.717) is 23.9 Å². The Morgan fingerprint density at radius 2 is 1.85 bits per heavy atom. The summed E-state index contributed by atoms with van der Waals surface area (Å²) in [6.07, 6.45) is 0. The number of benzene rings is 1. The van der Waals surface area contributed by atoms with Gasteiger partial charge in [-0.25, -0.2) is 0 Å². The highest BCUT2D eigenvalue weighted by Crippen LogP contribution is 2.15. The molecule has 0 aliphatic rings. The first kappa shape index (κ1) is 16.3. The number of amides is 2. The van der Waals surface area contributed by atoms with Crippen molar-refractivity contribution in [3.63, 3.8) is 0 Å². The van der Waals surface area contributed by atoms with Gasteiger partial charge >= 0.3 is 0 Å². The van der Waals surface area contributed by atoms with Crippen LogP contribution in [0.2, 0.25) is 5.02 Å². The summed E-state index contributed by atoms with van der Waals surface area (Å²) in [6.45, 7) is 0.589. The molecule has 110 valence electrons. The quantitative estimate of drug-likeness (QED) is 0.689. The van der Waals surface area contributed by atoms with Crippen molar-refractivity contribution < 1.29 is 19.1 Å². The van der Waals surface area contributed by atoms with Gasteiger partial charge in [-0.2, -0.15) is 0 Å². The molecule has 0 aliphatic carbocycles. The molecule has 0 fully saturated rings. The van der Waals surface area contributed by atoms with Crippen molar-refractivity contribution in [2.24, 2.45) is 0 Å². The van der Waals surface area contributed by atoms with Gasteiger partial charge in [-0.05, 0) is 24.3 Å². The van der Waals surface area contributed by atoms with Gasteiger partial charge in [0.05, 0.1) is 13.2 Å². The zero-order chi connectivity index (χ0) is 14.8.